The molecule has 5 rings (SSSR count). The Morgan fingerprint density at radius 1 is 1.18 bits per heavy atom. The standard InChI is InChI=1S/C28H31ClN6O3/c1-28(2,3)38-27(37)34-12-11-18(16-34)14-30-25-31-15-23-24(33-25)35(26(36)32-23)17-21-13-20(9-10-22(21)29)19-7-5-4-6-8-19/h4-10,13,15,18H,11-12,14,16-17H2,1-3H3,(H,32,36)(H,30,31,33)/t18-/m0/s1. The Hall–Kier alpha value is -3.85. The number of carbonyl (C=O) groups is 1. The van der Waals surface area contributed by atoms with Gasteiger partial charge in [-0.3, -0.25) is 4.57 Å². The van der Waals surface area contributed by atoms with Gasteiger partial charge in [0.15, 0.2) is 5.65 Å². The molecule has 2 N–H and O–H groups in total. The fraction of sp³-hybridized carbons (Fsp3) is 0.357. The lowest BCUT2D eigenvalue weighted by Crippen LogP contribution is -2.35. The average Bonchev–Trinajstić information content (AvgIpc) is 3.48. The van der Waals surface area contributed by atoms with Crippen LogP contribution in [0.15, 0.2) is 59.5 Å². The van der Waals surface area contributed by atoms with Crippen LogP contribution in [0.3, 0.4) is 0 Å². The van der Waals surface area contributed by atoms with E-state index < -0.39 is 5.60 Å². The normalized spacial score (nSPS) is 15.7. The largest absolute Gasteiger partial charge is 0.444 e. The molecule has 4 aromatic rings. The summed E-state index contributed by atoms with van der Waals surface area (Å²) in [5.41, 5.74) is 3.16. The Morgan fingerprint density at radius 2 is 1.97 bits per heavy atom. The van der Waals surface area contributed by atoms with Crippen molar-refractivity contribution in [3.63, 3.8) is 0 Å². The molecule has 1 atom stereocenters. The van der Waals surface area contributed by atoms with Gasteiger partial charge in [-0.25, -0.2) is 14.6 Å². The minimum absolute atomic E-state index is 0.245. The van der Waals surface area contributed by atoms with Gasteiger partial charge in [-0.1, -0.05) is 48.0 Å². The molecule has 1 amide bonds. The third-order valence-corrected chi connectivity index (χ3v) is 6.85. The number of benzene rings is 2. The summed E-state index contributed by atoms with van der Waals surface area (Å²) in [6, 6.07) is 15.8. The second-order valence-corrected chi connectivity index (χ2v) is 11.0. The van der Waals surface area contributed by atoms with Crippen LogP contribution in [0.4, 0.5) is 10.7 Å². The number of ether oxygens (including phenoxy) is 1. The third kappa shape index (κ3) is 5.83. The smallest absolute Gasteiger partial charge is 0.410 e. The van der Waals surface area contributed by atoms with E-state index in [9.17, 15) is 9.59 Å². The first-order valence-corrected chi connectivity index (χ1v) is 13.1. The van der Waals surface area contributed by atoms with Gasteiger partial charge >= 0.3 is 11.8 Å². The molecule has 2 aromatic carbocycles. The van der Waals surface area contributed by atoms with E-state index >= 15 is 0 Å². The minimum atomic E-state index is -0.518. The molecule has 0 unspecified atom stereocenters. The van der Waals surface area contributed by atoms with Crippen molar-refractivity contribution in [1.82, 2.24) is 24.4 Å². The number of H-pyrrole nitrogens is 1. The number of anilines is 1. The van der Waals surface area contributed by atoms with E-state index in [4.69, 9.17) is 16.3 Å². The lowest BCUT2D eigenvalue weighted by atomic mass is 10.0. The first-order chi connectivity index (χ1) is 18.2. The van der Waals surface area contributed by atoms with Crippen LogP contribution in [-0.2, 0) is 11.3 Å². The van der Waals surface area contributed by atoms with E-state index in [0.717, 1.165) is 23.1 Å². The lowest BCUT2D eigenvalue weighted by Gasteiger charge is -2.24. The second kappa shape index (κ2) is 10.5. The van der Waals surface area contributed by atoms with Crippen molar-refractivity contribution >= 4 is 34.8 Å². The fourth-order valence-electron chi connectivity index (χ4n) is 4.58. The van der Waals surface area contributed by atoms with Crippen molar-refractivity contribution in [3.05, 3.63) is 75.8 Å². The molecule has 3 heterocycles. The molecular weight excluding hydrogens is 504 g/mol. The summed E-state index contributed by atoms with van der Waals surface area (Å²) < 4.78 is 7.05. The molecule has 1 saturated heterocycles. The molecule has 0 spiro atoms. The zero-order chi connectivity index (χ0) is 26.9. The van der Waals surface area contributed by atoms with E-state index in [1.54, 1.807) is 15.7 Å². The Morgan fingerprint density at radius 3 is 2.74 bits per heavy atom. The number of nitrogens with zero attached hydrogens (tertiary/aromatic N) is 4. The van der Waals surface area contributed by atoms with Gasteiger partial charge < -0.3 is 19.9 Å². The van der Waals surface area contributed by atoms with Crippen LogP contribution in [0.5, 0.6) is 0 Å². The predicted octanol–water partition coefficient (Wildman–Crippen LogP) is 5.16. The highest BCUT2D eigenvalue weighted by Gasteiger charge is 2.29. The quantitative estimate of drug-likeness (QED) is 0.354. The van der Waals surface area contributed by atoms with E-state index in [-0.39, 0.29) is 24.2 Å². The number of rotatable bonds is 6. The van der Waals surface area contributed by atoms with Gasteiger partial charge in [0.1, 0.15) is 11.1 Å². The Labute approximate surface area is 225 Å². The monoisotopic (exact) mass is 534 g/mol. The number of imidazole rings is 1. The summed E-state index contributed by atoms with van der Waals surface area (Å²) in [5, 5.41) is 3.85. The number of carbonyl (C=O) groups excluding carboxylic acids is 1. The van der Waals surface area contributed by atoms with E-state index in [1.807, 2.05) is 69.3 Å². The summed E-state index contributed by atoms with van der Waals surface area (Å²) >= 11 is 6.52. The molecule has 1 aliphatic rings. The molecule has 198 valence electrons. The molecule has 10 heteroatoms. The molecule has 0 bridgehead atoms. The van der Waals surface area contributed by atoms with Gasteiger partial charge in [0.05, 0.1) is 12.7 Å². The molecule has 0 radical (unpaired) electrons. The van der Waals surface area contributed by atoms with Gasteiger partial charge in [-0.15, -0.1) is 0 Å². The van der Waals surface area contributed by atoms with Gasteiger partial charge in [0.25, 0.3) is 0 Å². The Kier molecular flexibility index (Phi) is 7.12. The van der Waals surface area contributed by atoms with Crippen molar-refractivity contribution in [2.45, 2.75) is 39.3 Å². The Bertz CT molecular complexity index is 1510. The van der Waals surface area contributed by atoms with Crippen LogP contribution < -0.4 is 11.0 Å². The van der Waals surface area contributed by atoms with Crippen LogP contribution in [0.2, 0.25) is 5.02 Å². The van der Waals surface area contributed by atoms with Gasteiger partial charge in [-0.05, 0) is 61.9 Å². The molecular formula is C28H31ClN6O3. The number of aromatic amines is 1. The van der Waals surface area contributed by atoms with Gasteiger partial charge in [0, 0.05) is 24.7 Å². The number of hydrogen-bond acceptors (Lipinski definition) is 6. The van der Waals surface area contributed by atoms with Crippen LogP contribution in [0.25, 0.3) is 22.3 Å². The molecule has 0 saturated carbocycles. The maximum Gasteiger partial charge on any atom is 0.410 e. The summed E-state index contributed by atoms with van der Waals surface area (Å²) in [4.78, 5) is 38.7. The molecule has 0 aliphatic carbocycles. The number of amides is 1. The topological polar surface area (TPSA) is 105 Å². The first-order valence-electron chi connectivity index (χ1n) is 12.7. The van der Waals surface area contributed by atoms with Crippen molar-refractivity contribution in [3.8, 4) is 11.1 Å². The van der Waals surface area contributed by atoms with Crippen LogP contribution in [0, 0.1) is 5.92 Å². The number of fused-ring (bicyclic) bond motifs is 1. The average molecular weight is 535 g/mol. The molecule has 1 fully saturated rings. The Balaban J connectivity index is 1.30. The SMILES string of the molecule is CC(C)(C)OC(=O)N1CC[C@@H](CNc2ncc3[nH]c(=O)n(Cc4cc(-c5ccccc5)ccc4Cl)c3n2)C1. The second-order valence-electron chi connectivity index (χ2n) is 10.6. The van der Waals surface area contributed by atoms with Crippen molar-refractivity contribution in [1.29, 1.82) is 0 Å². The van der Waals surface area contributed by atoms with E-state index in [1.165, 1.54) is 0 Å². The van der Waals surface area contributed by atoms with Gasteiger partial charge in [0.2, 0.25) is 5.95 Å². The maximum absolute atomic E-state index is 12.8. The number of likely N-dealkylation sites (tertiary alicyclic amines) is 1. The van der Waals surface area contributed by atoms with Crippen molar-refractivity contribution in [2.24, 2.45) is 5.92 Å². The van der Waals surface area contributed by atoms with Crippen LogP contribution in [0.1, 0.15) is 32.8 Å². The van der Waals surface area contributed by atoms with Crippen LogP contribution >= 0.6 is 11.6 Å². The highest BCUT2D eigenvalue weighted by Crippen LogP contribution is 2.26. The highest BCUT2D eigenvalue weighted by atomic mass is 35.5. The maximum atomic E-state index is 12.8. The summed E-state index contributed by atoms with van der Waals surface area (Å²) in [5.74, 6) is 0.667. The predicted molar refractivity (Wildman–Crippen MR) is 149 cm³/mol. The lowest BCUT2D eigenvalue weighted by molar-refractivity contribution is 0.0289. The fourth-order valence-corrected chi connectivity index (χ4v) is 4.76. The number of nitrogens with one attached hydrogen (secondary N) is 2. The third-order valence-electron chi connectivity index (χ3n) is 6.48. The first kappa shape index (κ1) is 25.8. The minimum Gasteiger partial charge on any atom is -0.444 e. The molecule has 2 aromatic heterocycles. The number of halogens is 1. The number of aromatic nitrogens is 4. The zero-order valence-corrected chi connectivity index (χ0v) is 22.5. The summed E-state index contributed by atoms with van der Waals surface area (Å²) in [6.07, 6.45) is 2.18. The van der Waals surface area contributed by atoms with E-state index in [0.29, 0.717) is 41.8 Å². The van der Waals surface area contributed by atoms with Crippen LogP contribution in [-0.4, -0.2) is 55.7 Å². The van der Waals surface area contributed by atoms with Gasteiger partial charge in [-0.2, -0.15) is 4.98 Å². The molecule has 1 aliphatic heterocycles. The van der Waals surface area contributed by atoms with Crippen molar-refractivity contribution in [2.75, 3.05) is 25.0 Å². The summed E-state index contributed by atoms with van der Waals surface area (Å²) in [7, 11) is 0. The van der Waals surface area contributed by atoms with E-state index in [2.05, 4.69) is 20.3 Å². The highest BCUT2D eigenvalue weighted by molar-refractivity contribution is 6.31. The number of hydrogen-bond donors (Lipinski definition) is 2. The molecule has 9 nitrogen and oxygen atoms in total. The zero-order valence-electron chi connectivity index (χ0n) is 21.7. The summed E-state index contributed by atoms with van der Waals surface area (Å²) in [6.45, 7) is 7.72. The molecule has 38 heavy (non-hydrogen) atoms. The van der Waals surface area contributed by atoms with Crippen molar-refractivity contribution < 1.29 is 9.53 Å².